The lowest BCUT2D eigenvalue weighted by Crippen LogP contribution is -2.40. The third kappa shape index (κ3) is 3.16. The minimum Gasteiger partial charge on any atom is -0.353 e. The van der Waals surface area contributed by atoms with Crippen molar-refractivity contribution in [2.24, 2.45) is 17.8 Å². The summed E-state index contributed by atoms with van der Waals surface area (Å²) in [7, 11) is 0. The van der Waals surface area contributed by atoms with Gasteiger partial charge in [-0.3, -0.25) is 4.79 Å². The summed E-state index contributed by atoms with van der Waals surface area (Å²) in [5.41, 5.74) is 1.82. The van der Waals surface area contributed by atoms with Crippen molar-refractivity contribution in [1.29, 1.82) is 0 Å². The average Bonchev–Trinajstić information content (AvgIpc) is 3.27. The Morgan fingerprint density at radius 1 is 1.42 bits per heavy atom. The molecule has 0 unspecified atom stereocenters. The first-order valence-corrected chi connectivity index (χ1v) is 9.40. The predicted molar refractivity (Wildman–Crippen MR) is 96.0 cm³/mol. The van der Waals surface area contributed by atoms with E-state index >= 15 is 0 Å². The van der Waals surface area contributed by atoms with E-state index in [9.17, 15) is 4.79 Å². The van der Waals surface area contributed by atoms with Crippen LogP contribution < -0.4 is 5.32 Å². The molecule has 1 aromatic heterocycles. The molecule has 2 N–H and O–H groups in total. The Hall–Kier alpha value is -1.55. The van der Waals surface area contributed by atoms with Crippen LogP contribution in [0.5, 0.6) is 0 Å². The van der Waals surface area contributed by atoms with Crippen LogP contribution in [0.1, 0.15) is 44.9 Å². The summed E-state index contributed by atoms with van der Waals surface area (Å²) in [4.78, 5) is 20.1. The molecule has 2 bridgehead atoms. The summed E-state index contributed by atoms with van der Waals surface area (Å²) >= 11 is 5.99. The number of fused-ring (bicyclic) bond motifs is 3. The highest BCUT2D eigenvalue weighted by Gasteiger charge is 2.42. The SMILES string of the molecule is C[C@@H](NC(=O)CCc1nc2ccc(Cl)cc2[nH]1)[C@@H]1C[C@H]2CC[C@H]1C2. The van der Waals surface area contributed by atoms with Crippen LogP contribution in [-0.4, -0.2) is 21.9 Å². The first kappa shape index (κ1) is 15.9. The Kier molecular flexibility index (Phi) is 4.25. The van der Waals surface area contributed by atoms with Crippen molar-refractivity contribution in [3.05, 3.63) is 29.0 Å². The van der Waals surface area contributed by atoms with Crippen molar-refractivity contribution >= 4 is 28.5 Å². The summed E-state index contributed by atoms with van der Waals surface area (Å²) in [6.45, 7) is 2.17. The van der Waals surface area contributed by atoms with Gasteiger partial charge in [0.05, 0.1) is 11.0 Å². The molecule has 4 atom stereocenters. The van der Waals surface area contributed by atoms with E-state index in [2.05, 4.69) is 22.2 Å². The van der Waals surface area contributed by atoms with Crippen LogP contribution in [0, 0.1) is 17.8 Å². The number of nitrogens with one attached hydrogen (secondary N) is 2. The molecule has 2 fully saturated rings. The summed E-state index contributed by atoms with van der Waals surface area (Å²) in [6, 6.07) is 5.89. The Morgan fingerprint density at radius 3 is 3.04 bits per heavy atom. The molecule has 24 heavy (non-hydrogen) atoms. The molecule has 128 valence electrons. The maximum absolute atomic E-state index is 12.3. The topological polar surface area (TPSA) is 57.8 Å². The minimum absolute atomic E-state index is 0.128. The molecule has 0 spiro atoms. The van der Waals surface area contributed by atoms with E-state index in [4.69, 9.17) is 11.6 Å². The van der Waals surface area contributed by atoms with Crippen molar-refractivity contribution in [3.63, 3.8) is 0 Å². The van der Waals surface area contributed by atoms with E-state index in [1.807, 2.05) is 18.2 Å². The van der Waals surface area contributed by atoms with Crippen LogP contribution in [0.25, 0.3) is 11.0 Å². The van der Waals surface area contributed by atoms with Crippen LogP contribution in [0.3, 0.4) is 0 Å². The number of amides is 1. The van der Waals surface area contributed by atoms with Gasteiger partial charge < -0.3 is 10.3 Å². The monoisotopic (exact) mass is 345 g/mol. The summed E-state index contributed by atoms with van der Waals surface area (Å²) in [5.74, 6) is 3.41. The number of carbonyl (C=O) groups is 1. The second-order valence-corrected chi connectivity index (χ2v) is 7.98. The first-order chi connectivity index (χ1) is 11.6. The third-order valence-electron chi connectivity index (χ3n) is 5.91. The zero-order chi connectivity index (χ0) is 16.7. The predicted octanol–water partition coefficient (Wildman–Crippen LogP) is 4.09. The lowest BCUT2D eigenvalue weighted by atomic mass is 9.84. The smallest absolute Gasteiger partial charge is 0.220 e. The second kappa shape index (κ2) is 6.40. The molecule has 0 radical (unpaired) electrons. The molecule has 2 aromatic rings. The van der Waals surface area contributed by atoms with Crippen LogP contribution >= 0.6 is 11.6 Å². The Balaban J connectivity index is 1.31. The van der Waals surface area contributed by atoms with Gasteiger partial charge in [-0.05, 0) is 62.1 Å². The fourth-order valence-electron chi connectivity index (χ4n) is 4.72. The summed E-state index contributed by atoms with van der Waals surface area (Å²) < 4.78 is 0. The molecule has 2 saturated carbocycles. The Morgan fingerprint density at radius 2 is 2.29 bits per heavy atom. The van der Waals surface area contributed by atoms with Crippen molar-refractivity contribution in [1.82, 2.24) is 15.3 Å². The Labute approximate surface area is 147 Å². The number of rotatable bonds is 5. The highest BCUT2D eigenvalue weighted by Crippen LogP contribution is 2.49. The lowest BCUT2D eigenvalue weighted by molar-refractivity contribution is -0.122. The molecule has 0 saturated heterocycles. The van der Waals surface area contributed by atoms with Crippen LogP contribution in [-0.2, 0) is 11.2 Å². The quantitative estimate of drug-likeness (QED) is 0.857. The number of carbonyl (C=O) groups excluding carboxylic acids is 1. The fourth-order valence-corrected chi connectivity index (χ4v) is 4.90. The van der Waals surface area contributed by atoms with Gasteiger partial charge in [-0.1, -0.05) is 18.0 Å². The van der Waals surface area contributed by atoms with Gasteiger partial charge in [-0.2, -0.15) is 0 Å². The van der Waals surface area contributed by atoms with E-state index in [0.29, 0.717) is 29.8 Å². The molecule has 4 nitrogen and oxygen atoms in total. The molecular formula is C19H24ClN3O. The maximum Gasteiger partial charge on any atom is 0.220 e. The van der Waals surface area contributed by atoms with Crippen LogP contribution in [0.15, 0.2) is 18.2 Å². The van der Waals surface area contributed by atoms with Gasteiger partial charge in [-0.25, -0.2) is 4.98 Å². The summed E-state index contributed by atoms with van der Waals surface area (Å²) in [6.07, 6.45) is 6.54. The van der Waals surface area contributed by atoms with E-state index in [1.54, 1.807) is 0 Å². The lowest BCUT2D eigenvalue weighted by Gasteiger charge is -2.28. The molecule has 1 amide bonds. The molecule has 1 aromatic carbocycles. The largest absolute Gasteiger partial charge is 0.353 e. The Bertz CT molecular complexity index is 756. The van der Waals surface area contributed by atoms with Gasteiger partial charge in [0.1, 0.15) is 5.82 Å². The summed E-state index contributed by atoms with van der Waals surface area (Å²) in [5, 5.41) is 3.91. The van der Waals surface area contributed by atoms with Crippen LogP contribution in [0.4, 0.5) is 0 Å². The highest BCUT2D eigenvalue weighted by atomic mass is 35.5. The van der Waals surface area contributed by atoms with Gasteiger partial charge in [0.15, 0.2) is 0 Å². The number of halogens is 1. The maximum atomic E-state index is 12.3. The number of aromatic amines is 1. The van der Waals surface area contributed by atoms with E-state index in [-0.39, 0.29) is 5.91 Å². The zero-order valence-electron chi connectivity index (χ0n) is 14.0. The second-order valence-electron chi connectivity index (χ2n) is 7.54. The number of aryl methyl sites for hydroxylation is 1. The van der Waals surface area contributed by atoms with Crippen molar-refractivity contribution in [3.8, 4) is 0 Å². The van der Waals surface area contributed by atoms with Crippen molar-refractivity contribution in [2.45, 2.75) is 51.5 Å². The number of nitrogens with zero attached hydrogens (tertiary/aromatic N) is 1. The number of hydrogen-bond donors (Lipinski definition) is 2. The van der Waals surface area contributed by atoms with Gasteiger partial charge in [0, 0.05) is 23.9 Å². The van der Waals surface area contributed by atoms with Gasteiger partial charge in [-0.15, -0.1) is 0 Å². The molecule has 1 heterocycles. The molecule has 0 aliphatic heterocycles. The number of benzene rings is 1. The van der Waals surface area contributed by atoms with Gasteiger partial charge in [0.2, 0.25) is 5.91 Å². The first-order valence-electron chi connectivity index (χ1n) is 9.02. The minimum atomic E-state index is 0.128. The molecule has 5 heteroatoms. The van der Waals surface area contributed by atoms with Crippen molar-refractivity contribution < 1.29 is 4.79 Å². The van der Waals surface area contributed by atoms with Gasteiger partial charge >= 0.3 is 0 Å². The molecule has 2 aliphatic rings. The number of aromatic nitrogens is 2. The molecule has 2 aliphatic carbocycles. The van der Waals surface area contributed by atoms with Crippen molar-refractivity contribution in [2.75, 3.05) is 0 Å². The standard InChI is InChI=1S/C19H24ClN3O/c1-11(15-9-12-2-3-13(15)8-12)21-19(24)7-6-18-22-16-5-4-14(20)10-17(16)23-18/h4-5,10-13,15H,2-3,6-9H2,1H3,(H,21,24)(H,22,23)/t11-,12+,13+,15+/m1/s1. The number of hydrogen-bond acceptors (Lipinski definition) is 2. The van der Waals surface area contributed by atoms with E-state index in [0.717, 1.165) is 28.7 Å². The van der Waals surface area contributed by atoms with E-state index < -0.39 is 0 Å². The fraction of sp³-hybridized carbons (Fsp3) is 0.579. The number of imidazole rings is 1. The molecule has 4 rings (SSSR count). The average molecular weight is 346 g/mol. The third-order valence-corrected chi connectivity index (χ3v) is 6.14. The van der Waals surface area contributed by atoms with Crippen LogP contribution in [0.2, 0.25) is 5.02 Å². The highest BCUT2D eigenvalue weighted by molar-refractivity contribution is 6.31. The molecular weight excluding hydrogens is 322 g/mol. The zero-order valence-corrected chi connectivity index (χ0v) is 14.8. The number of H-pyrrole nitrogens is 1. The van der Waals surface area contributed by atoms with E-state index in [1.165, 1.54) is 25.7 Å². The van der Waals surface area contributed by atoms with Gasteiger partial charge in [0.25, 0.3) is 0 Å². The normalized spacial score (nSPS) is 26.8.